The molecule has 13 heteroatoms. The van der Waals surface area contributed by atoms with Gasteiger partial charge in [-0.25, -0.2) is 15.6 Å². The number of likely N-dealkylation sites (tertiary alicyclic amines) is 1. The van der Waals surface area contributed by atoms with Gasteiger partial charge in [0.05, 0.1) is 29.8 Å². The van der Waals surface area contributed by atoms with Crippen molar-refractivity contribution in [3.63, 3.8) is 0 Å². The second kappa shape index (κ2) is 11.4. The fourth-order valence-electron chi connectivity index (χ4n) is 7.96. The lowest BCUT2D eigenvalue weighted by Gasteiger charge is -2.46. The van der Waals surface area contributed by atoms with Gasteiger partial charge in [-0.15, -0.1) is 0 Å². The minimum Gasteiger partial charge on any atom is -0.298 e. The van der Waals surface area contributed by atoms with Crippen molar-refractivity contribution in [2.24, 2.45) is 23.7 Å². The number of rotatable bonds is 6. The number of imidazole rings is 1. The quantitative estimate of drug-likeness (QED) is 0.436. The Bertz CT molecular complexity index is 1320. The third-order valence-electron chi connectivity index (χ3n) is 10.3. The first-order valence-corrected chi connectivity index (χ1v) is 15.2. The molecule has 2 saturated heterocycles. The Morgan fingerprint density at radius 2 is 1.71 bits per heavy atom. The molecular formula is C29H40F6N6O. The molecule has 2 aliphatic carbocycles. The third-order valence-corrected chi connectivity index (χ3v) is 10.3. The van der Waals surface area contributed by atoms with Gasteiger partial charge in [-0.05, 0) is 75.1 Å². The van der Waals surface area contributed by atoms with Crippen LogP contribution in [0.25, 0.3) is 5.52 Å². The molecule has 2 aliphatic heterocycles. The van der Waals surface area contributed by atoms with E-state index in [0.717, 1.165) is 42.8 Å². The second-order valence-electron chi connectivity index (χ2n) is 13.0. The fraction of sp³-hybridized carbons (Fsp3) is 0.759. The summed E-state index contributed by atoms with van der Waals surface area (Å²) < 4.78 is 85.4. The van der Waals surface area contributed by atoms with Crippen LogP contribution in [0, 0.1) is 23.7 Å². The van der Waals surface area contributed by atoms with Gasteiger partial charge in [0, 0.05) is 31.5 Å². The number of hydrogen-bond acceptors (Lipinski definition) is 5. The largest absolute Gasteiger partial charge is 0.418 e. The zero-order valence-corrected chi connectivity index (χ0v) is 23.9. The Kier molecular flexibility index (Phi) is 8.16. The predicted molar refractivity (Wildman–Crippen MR) is 145 cm³/mol. The number of alkyl halides is 6. The zero-order valence-electron chi connectivity index (χ0n) is 23.9. The van der Waals surface area contributed by atoms with E-state index < -0.39 is 29.5 Å². The predicted octanol–water partition coefficient (Wildman–Crippen LogP) is 5.36. The van der Waals surface area contributed by atoms with Crippen molar-refractivity contribution in [3.8, 4) is 0 Å². The number of nitrogens with one attached hydrogen (secondary N) is 2. The van der Waals surface area contributed by atoms with E-state index in [0.29, 0.717) is 30.7 Å². The summed E-state index contributed by atoms with van der Waals surface area (Å²) in [7, 11) is 2.08. The van der Waals surface area contributed by atoms with Crippen molar-refractivity contribution >= 4 is 5.52 Å². The van der Waals surface area contributed by atoms with Crippen molar-refractivity contribution in [2.45, 2.75) is 88.9 Å². The van der Waals surface area contributed by atoms with Crippen LogP contribution in [-0.4, -0.2) is 57.9 Å². The summed E-state index contributed by atoms with van der Waals surface area (Å²) in [6.07, 6.45) is 1.12. The van der Waals surface area contributed by atoms with Crippen molar-refractivity contribution < 1.29 is 26.3 Å². The molecule has 6 rings (SSSR count). The van der Waals surface area contributed by atoms with Crippen LogP contribution in [0.1, 0.15) is 75.0 Å². The molecule has 2 aromatic rings. The Morgan fingerprint density at radius 3 is 2.36 bits per heavy atom. The van der Waals surface area contributed by atoms with Gasteiger partial charge in [-0.1, -0.05) is 25.7 Å². The van der Waals surface area contributed by atoms with Crippen molar-refractivity contribution in [1.82, 2.24) is 29.6 Å². The lowest BCUT2D eigenvalue weighted by atomic mass is 9.65. The second-order valence-corrected chi connectivity index (χ2v) is 13.0. The van der Waals surface area contributed by atoms with Crippen LogP contribution in [0.5, 0.6) is 0 Å². The van der Waals surface area contributed by atoms with Crippen LogP contribution >= 0.6 is 0 Å². The smallest absolute Gasteiger partial charge is 0.298 e. The summed E-state index contributed by atoms with van der Waals surface area (Å²) >= 11 is 0. The fourth-order valence-corrected chi connectivity index (χ4v) is 7.96. The summed E-state index contributed by atoms with van der Waals surface area (Å²) in [6, 6.07) is 0.791. The standard InChI is InChI=1S/C29H40F6N6O/c1-38-17-36-37-26(38)25(19-5-2-6-19)20-7-3-9-22(12-20)40-16-24-23(29(33,34)35)11-18(14-41(24)27(40)42)13-39-10-4-8-21(15-39)28(30,31)32/h11,14,16,19-22,25-26,36-37H,2-10,12-13,15,17H2,1H3/t20?,21-,22?,25+,26?/m0/s1. The van der Waals surface area contributed by atoms with Gasteiger partial charge in [0.25, 0.3) is 0 Å². The van der Waals surface area contributed by atoms with E-state index in [2.05, 4.69) is 22.8 Å². The molecule has 0 spiro atoms. The van der Waals surface area contributed by atoms with Gasteiger partial charge in [-0.2, -0.15) is 26.3 Å². The van der Waals surface area contributed by atoms with Crippen LogP contribution in [0.2, 0.25) is 0 Å². The molecule has 234 valence electrons. The van der Waals surface area contributed by atoms with E-state index in [1.807, 2.05) is 0 Å². The number of aromatic nitrogens is 2. The maximum atomic E-state index is 14.3. The minimum absolute atomic E-state index is 0.0166. The first kappa shape index (κ1) is 30.0. The summed E-state index contributed by atoms with van der Waals surface area (Å²) in [5.74, 6) is -0.192. The van der Waals surface area contributed by atoms with E-state index in [1.54, 1.807) is 4.90 Å². The molecule has 2 aromatic heterocycles. The number of piperidine rings is 1. The highest BCUT2D eigenvalue weighted by molar-refractivity contribution is 5.56. The topological polar surface area (TPSA) is 56.9 Å². The molecule has 0 radical (unpaired) electrons. The van der Waals surface area contributed by atoms with E-state index in [1.165, 1.54) is 36.2 Å². The van der Waals surface area contributed by atoms with Crippen molar-refractivity contribution in [1.29, 1.82) is 0 Å². The Balaban J connectivity index is 1.29. The summed E-state index contributed by atoms with van der Waals surface area (Å²) in [4.78, 5) is 17.5. The monoisotopic (exact) mass is 602 g/mol. The Morgan fingerprint density at radius 1 is 0.976 bits per heavy atom. The highest BCUT2D eigenvalue weighted by Crippen LogP contribution is 2.47. The summed E-state index contributed by atoms with van der Waals surface area (Å²) in [5.41, 5.74) is 5.19. The van der Waals surface area contributed by atoms with Crippen molar-refractivity contribution in [3.05, 3.63) is 40.1 Å². The normalized spacial score (nSPS) is 29.7. The summed E-state index contributed by atoms with van der Waals surface area (Å²) in [6.45, 7) is 0.776. The molecule has 0 aromatic carbocycles. The molecule has 3 unspecified atom stereocenters. The highest BCUT2D eigenvalue weighted by atomic mass is 19.4. The first-order valence-electron chi connectivity index (χ1n) is 15.2. The molecule has 42 heavy (non-hydrogen) atoms. The molecule has 0 amide bonds. The van der Waals surface area contributed by atoms with Gasteiger partial charge < -0.3 is 0 Å². The average molecular weight is 603 g/mol. The maximum Gasteiger partial charge on any atom is 0.418 e. The number of hydrogen-bond donors (Lipinski definition) is 2. The van der Waals surface area contributed by atoms with Gasteiger partial charge in [0.2, 0.25) is 0 Å². The van der Waals surface area contributed by atoms with Gasteiger partial charge in [0.1, 0.15) is 0 Å². The lowest BCUT2D eigenvalue weighted by molar-refractivity contribution is -0.187. The SMILES string of the molecule is CN1CNNC1[C@H](C1CCC1)C1CCCC(n2cc3c(C(F)(F)F)cc(CN4CCC[C@H](C(F)(F)F)C4)cn3c2=O)C1. The Hall–Kier alpha value is -2.09. The molecule has 0 bridgehead atoms. The molecule has 4 aliphatic rings. The van der Waals surface area contributed by atoms with Crippen LogP contribution < -0.4 is 16.5 Å². The molecule has 4 heterocycles. The Labute approximate surface area is 241 Å². The van der Waals surface area contributed by atoms with Crippen LogP contribution in [-0.2, 0) is 12.7 Å². The first-order chi connectivity index (χ1) is 19.9. The highest BCUT2D eigenvalue weighted by Gasteiger charge is 2.44. The molecular weight excluding hydrogens is 562 g/mol. The van der Waals surface area contributed by atoms with Crippen LogP contribution in [0.15, 0.2) is 23.3 Å². The van der Waals surface area contributed by atoms with Gasteiger partial charge in [0.15, 0.2) is 0 Å². The molecule has 5 atom stereocenters. The minimum atomic E-state index is -4.72. The molecule has 2 saturated carbocycles. The summed E-state index contributed by atoms with van der Waals surface area (Å²) in [5, 5.41) is 0. The van der Waals surface area contributed by atoms with Crippen LogP contribution in [0.3, 0.4) is 0 Å². The van der Waals surface area contributed by atoms with E-state index >= 15 is 0 Å². The third kappa shape index (κ3) is 5.86. The van der Waals surface area contributed by atoms with Crippen LogP contribution in [0.4, 0.5) is 26.3 Å². The number of nitrogens with zero attached hydrogens (tertiary/aromatic N) is 4. The van der Waals surface area contributed by atoms with E-state index in [9.17, 15) is 31.1 Å². The molecule has 2 N–H and O–H groups in total. The number of hydrazine groups is 1. The van der Waals surface area contributed by atoms with Gasteiger partial charge in [-0.3, -0.25) is 18.8 Å². The lowest BCUT2D eigenvalue weighted by Crippen LogP contribution is -2.50. The zero-order chi connectivity index (χ0) is 29.8. The average Bonchev–Trinajstić information content (AvgIpc) is 3.47. The van der Waals surface area contributed by atoms with E-state index in [4.69, 9.17) is 0 Å². The number of pyridine rings is 1. The van der Waals surface area contributed by atoms with Gasteiger partial charge >= 0.3 is 18.0 Å². The van der Waals surface area contributed by atoms with E-state index in [-0.39, 0.29) is 42.8 Å². The molecule has 4 fully saturated rings. The molecule has 7 nitrogen and oxygen atoms in total. The van der Waals surface area contributed by atoms with Crippen molar-refractivity contribution in [2.75, 3.05) is 26.8 Å². The maximum absolute atomic E-state index is 14.3. The number of halogens is 6. The number of fused-ring (bicyclic) bond motifs is 1.